The SMILES string of the molecule is Cc1nc(CN2C[C@@H](F)C[C@H]2CNC(=O)CN)cs1. The van der Waals surface area contributed by atoms with Gasteiger partial charge in [0.15, 0.2) is 0 Å². The van der Waals surface area contributed by atoms with Gasteiger partial charge >= 0.3 is 0 Å². The van der Waals surface area contributed by atoms with Crippen molar-refractivity contribution in [3.63, 3.8) is 0 Å². The quantitative estimate of drug-likeness (QED) is 0.824. The minimum absolute atomic E-state index is 0.0208. The summed E-state index contributed by atoms with van der Waals surface area (Å²) in [5.74, 6) is -0.202. The number of nitrogens with zero attached hydrogens (tertiary/aromatic N) is 2. The molecule has 1 aliphatic heterocycles. The van der Waals surface area contributed by atoms with Crippen molar-refractivity contribution in [2.75, 3.05) is 19.6 Å². The zero-order valence-electron chi connectivity index (χ0n) is 10.9. The lowest BCUT2D eigenvalue weighted by Gasteiger charge is -2.23. The fraction of sp³-hybridized carbons (Fsp3) is 0.667. The van der Waals surface area contributed by atoms with Crippen LogP contribution >= 0.6 is 11.3 Å². The van der Waals surface area contributed by atoms with E-state index in [1.54, 1.807) is 11.3 Å². The number of rotatable bonds is 5. The molecule has 2 heterocycles. The third-order valence-electron chi connectivity index (χ3n) is 3.23. The Morgan fingerprint density at radius 2 is 2.53 bits per heavy atom. The van der Waals surface area contributed by atoms with Gasteiger partial charge < -0.3 is 11.1 Å². The second-order valence-electron chi connectivity index (χ2n) is 4.78. The highest BCUT2D eigenvalue weighted by Gasteiger charge is 2.32. The Kier molecular flexibility index (Phi) is 4.84. The highest BCUT2D eigenvalue weighted by atomic mass is 32.1. The van der Waals surface area contributed by atoms with Gasteiger partial charge in [0.05, 0.1) is 17.2 Å². The van der Waals surface area contributed by atoms with Crippen LogP contribution in [0.25, 0.3) is 0 Å². The third kappa shape index (κ3) is 3.95. The van der Waals surface area contributed by atoms with Crippen molar-refractivity contribution in [1.82, 2.24) is 15.2 Å². The molecule has 7 heteroatoms. The highest BCUT2D eigenvalue weighted by molar-refractivity contribution is 7.09. The van der Waals surface area contributed by atoms with Gasteiger partial charge in [-0.15, -0.1) is 11.3 Å². The number of nitrogens with one attached hydrogen (secondary N) is 1. The predicted octanol–water partition coefficient (Wildman–Crippen LogP) is 0.439. The van der Waals surface area contributed by atoms with E-state index in [4.69, 9.17) is 5.73 Å². The maximum Gasteiger partial charge on any atom is 0.233 e. The predicted molar refractivity (Wildman–Crippen MR) is 72.6 cm³/mol. The van der Waals surface area contributed by atoms with Crippen molar-refractivity contribution in [3.05, 3.63) is 16.1 Å². The Balaban J connectivity index is 1.91. The first-order valence-corrected chi connectivity index (χ1v) is 7.22. The van der Waals surface area contributed by atoms with E-state index in [9.17, 15) is 9.18 Å². The van der Waals surface area contributed by atoms with Crippen LogP contribution in [-0.2, 0) is 11.3 Å². The fourth-order valence-electron chi connectivity index (χ4n) is 2.32. The Morgan fingerprint density at radius 1 is 1.74 bits per heavy atom. The number of halogens is 1. The number of carbonyl (C=O) groups is 1. The third-order valence-corrected chi connectivity index (χ3v) is 4.05. The molecule has 106 valence electrons. The van der Waals surface area contributed by atoms with Crippen molar-refractivity contribution in [2.24, 2.45) is 5.73 Å². The van der Waals surface area contributed by atoms with E-state index in [0.29, 0.717) is 26.1 Å². The molecule has 0 unspecified atom stereocenters. The van der Waals surface area contributed by atoms with E-state index in [0.717, 1.165) is 10.7 Å². The molecule has 0 radical (unpaired) electrons. The van der Waals surface area contributed by atoms with Gasteiger partial charge in [0.25, 0.3) is 0 Å². The Morgan fingerprint density at radius 3 is 3.16 bits per heavy atom. The van der Waals surface area contributed by atoms with Gasteiger partial charge in [-0.2, -0.15) is 0 Å². The van der Waals surface area contributed by atoms with Crippen LogP contribution in [0.15, 0.2) is 5.38 Å². The van der Waals surface area contributed by atoms with Crippen molar-refractivity contribution in [3.8, 4) is 0 Å². The summed E-state index contributed by atoms with van der Waals surface area (Å²) in [6.45, 7) is 3.40. The Bertz CT molecular complexity index is 439. The number of carbonyl (C=O) groups excluding carboxylic acids is 1. The smallest absolute Gasteiger partial charge is 0.233 e. The highest BCUT2D eigenvalue weighted by Crippen LogP contribution is 2.22. The van der Waals surface area contributed by atoms with Gasteiger partial charge in [-0.05, 0) is 13.3 Å². The number of likely N-dealkylation sites (tertiary alicyclic amines) is 1. The molecule has 1 fully saturated rings. The van der Waals surface area contributed by atoms with Gasteiger partial charge in [0, 0.05) is 31.1 Å². The van der Waals surface area contributed by atoms with Crippen LogP contribution in [0.2, 0.25) is 0 Å². The molecular weight excluding hydrogens is 267 g/mol. The van der Waals surface area contributed by atoms with Gasteiger partial charge in [0.1, 0.15) is 6.17 Å². The molecule has 0 aliphatic carbocycles. The molecule has 0 bridgehead atoms. The van der Waals surface area contributed by atoms with Crippen LogP contribution in [0.5, 0.6) is 0 Å². The molecule has 1 aromatic heterocycles. The normalized spacial score (nSPS) is 23.7. The van der Waals surface area contributed by atoms with Gasteiger partial charge in [-0.1, -0.05) is 0 Å². The molecular formula is C12H19FN4OS. The van der Waals surface area contributed by atoms with Crippen molar-refractivity contribution in [2.45, 2.75) is 32.1 Å². The summed E-state index contributed by atoms with van der Waals surface area (Å²) in [6.07, 6.45) is -0.381. The number of aryl methyl sites for hydroxylation is 1. The molecule has 5 nitrogen and oxygen atoms in total. The summed E-state index contributed by atoms with van der Waals surface area (Å²) in [7, 11) is 0. The average Bonchev–Trinajstić information content (AvgIpc) is 2.93. The van der Waals surface area contributed by atoms with Crippen molar-refractivity contribution >= 4 is 17.2 Å². The Labute approximate surface area is 116 Å². The number of nitrogens with two attached hydrogens (primary N) is 1. The zero-order valence-corrected chi connectivity index (χ0v) is 11.8. The molecule has 1 amide bonds. The minimum Gasteiger partial charge on any atom is -0.353 e. The lowest BCUT2D eigenvalue weighted by molar-refractivity contribution is -0.119. The summed E-state index contributed by atoms with van der Waals surface area (Å²) in [5.41, 5.74) is 6.20. The number of alkyl halides is 1. The number of amides is 1. The monoisotopic (exact) mass is 286 g/mol. The number of hydrogen-bond donors (Lipinski definition) is 2. The number of aromatic nitrogens is 1. The summed E-state index contributed by atoms with van der Waals surface area (Å²) in [4.78, 5) is 17.6. The van der Waals surface area contributed by atoms with Crippen molar-refractivity contribution in [1.29, 1.82) is 0 Å². The second kappa shape index (κ2) is 6.40. The summed E-state index contributed by atoms with van der Waals surface area (Å²) in [5, 5.41) is 5.74. The number of thiazole rings is 1. The first kappa shape index (κ1) is 14.4. The molecule has 3 N–H and O–H groups in total. The summed E-state index contributed by atoms with van der Waals surface area (Å²) in [6, 6.07) is 0.0208. The van der Waals surface area contributed by atoms with Crippen LogP contribution in [0.4, 0.5) is 4.39 Å². The second-order valence-corrected chi connectivity index (χ2v) is 5.84. The van der Waals surface area contributed by atoms with Crippen LogP contribution in [0.3, 0.4) is 0 Å². The van der Waals surface area contributed by atoms with E-state index >= 15 is 0 Å². The van der Waals surface area contributed by atoms with E-state index in [1.165, 1.54) is 0 Å². The average molecular weight is 286 g/mol. The maximum atomic E-state index is 13.5. The Hall–Kier alpha value is -1.05. The first-order valence-electron chi connectivity index (χ1n) is 6.34. The summed E-state index contributed by atoms with van der Waals surface area (Å²) < 4.78 is 13.5. The maximum absolute atomic E-state index is 13.5. The minimum atomic E-state index is -0.834. The van der Waals surface area contributed by atoms with E-state index in [-0.39, 0.29) is 18.5 Å². The molecule has 19 heavy (non-hydrogen) atoms. The first-order chi connectivity index (χ1) is 9.08. The molecule has 1 saturated heterocycles. The van der Waals surface area contributed by atoms with Gasteiger partial charge in [0.2, 0.25) is 5.91 Å². The van der Waals surface area contributed by atoms with Crippen molar-refractivity contribution < 1.29 is 9.18 Å². The molecule has 2 atom stereocenters. The zero-order chi connectivity index (χ0) is 13.8. The molecule has 0 saturated carbocycles. The van der Waals surface area contributed by atoms with Crippen LogP contribution in [-0.4, -0.2) is 47.6 Å². The molecule has 2 rings (SSSR count). The lowest BCUT2D eigenvalue weighted by Crippen LogP contribution is -2.41. The van der Waals surface area contributed by atoms with E-state index in [2.05, 4.69) is 10.3 Å². The van der Waals surface area contributed by atoms with Gasteiger partial charge in [-0.25, -0.2) is 9.37 Å². The molecule has 0 aromatic carbocycles. The fourth-order valence-corrected chi connectivity index (χ4v) is 2.92. The van der Waals surface area contributed by atoms with Crippen LogP contribution in [0.1, 0.15) is 17.1 Å². The van der Waals surface area contributed by atoms with E-state index < -0.39 is 6.17 Å². The van der Waals surface area contributed by atoms with E-state index in [1.807, 2.05) is 17.2 Å². The topological polar surface area (TPSA) is 71.2 Å². The lowest BCUT2D eigenvalue weighted by atomic mass is 10.2. The largest absolute Gasteiger partial charge is 0.353 e. The standard InChI is InChI=1S/C12H19FN4OS/c1-8-16-10(7-19-8)6-17-5-9(13)2-11(17)4-15-12(18)3-14/h7,9,11H,2-6,14H2,1H3,(H,15,18)/t9-,11-/m0/s1. The van der Waals surface area contributed by atoms with Crippen LogP contribution < -0.4 is 11.1 Å². The van der Waals surface area contributed by atoms with Crippen LogP contribution in [0, 0.1) is 6.92 Å². The molecule has 1 aliphatic rings. The van der Waals surface area contributed by atoms with Gasteiger partial charge in [-0.3, -0.25) is 9.69 Å². The number of hydrogen-bond acceptors (Lipinski definition) is 5. The molecule has 1 aromatic rings. The summed E-state index contributed by atoms with van der Waals surface area (Å²) >= 11 is 1.59. The molecule has 0 spiro atoms.